The Balaban J connectivity index is 1.34. The minimum atomic E-state index is -0.224. The van der Waals surface area contributed by atoms with Crippen LogP contribution >= 0.6 is 0 Å². The number of aromatic nitrogens is 1. The molecule has 1 amide bonds. The van der Waals surface area contributed by atoms with Crippen LogP contribution in [0.15, 0.2) is 71.1 Å². The molecule has 0 bridgehead atoms. The maximum Gasteiger partial charge on any atom is 0.262 e. The molecule has 0 aliphatic heterocycles. The molecular weight excluding hydrogens is 404 g/mol. The van der Waals surface area contributed by atoms with Crippen molar-refractivity contribution in [2.24, 2.45) is 0 Å². The van der Waals surface area contributed by atoms with Crippen LogP contribution in [-0.4, -0.2) is 24.6 Å². The lowest BCUT2D eigenvalue weighted by Gasteiger charge is -2.11. The predicted octanol–water partition coefficient (Wildman–Crippen LogP) is 6.03. The molecule has 0 saturated heterocycles. The van der Waals surface area contributed by atoms with Crippen LogP contribution in [0.5, 0.6) is 11.5 Å². The van der Waals surface area contributed by atoms with Crippen LogP contribution in [0.1, 0.15) is 31.7 Å². The van der Waals surface area contributed by atoms with Crippen LogP contribution in [0, 0.1) is 0 Å². The molecule has 1 N–H and O–H groups in total. The first kappa shape index (κ1) is 21.4. The van der Waals surface area contributed by atoms with Gasteiger partial charge >= 0.3 is 0 Å². The second-order valence-electron chi connectivity index (χ2n) is 7.65. The predicted molar refractivity (Wildman–Crippen MR) is 125 cm³/mol. The Morgan fingerprint density at radius 2 is 1.75 bits per heavy atom. The number of nitrogens with one attached hydrogen (secondary N) is 1. The van der Waals surface area contributed by atoms with Crippen molar-refractivity contribution in [3.8, 4) is 23.0 Å². The van der Waals surface area contributed by atoms with Crippen molar-refractivity contribution >= 4 is 22.7 Å². The lowest BCUT2D eigenvalue weighted by molar-refractivity contribution is -0.118. The molecule has 0 radical (unpaired) electrons. The molecule has 0 aliphatic rings. The van der Waals surface area contributed by atoms with E-state index in [0.717, 1.165) is 23.3 Å². The maximum atomic E-state index is 12.3. The fourth-order valence-electron chi connectivity index (χ4n) is 3.33. The zero-order valence-electron chi connectivity index (χ0n) is 18.4. The van der Waals surface area contributed by atoms with E-state index in [1.807, 2.05) is 66.7 Å². The molecule has 1 aromatic heterocycles. The van der Waals surface area contributed by atoms with Crippen molar-refractivity contribution in [3.63, 3.8) is 0 Å². The van der Waals surface area contributed by atoms with Crippen molar-refractivity contribution in [3.05, 3.63) is 72.3 Å². The molecule has 1 atom stereocenters. The molecule has 6 heteroatoms. The number of hydrogen-bond donors (Lipinski definition) is 1. The molecule has 32 heavy (non-hydrogen) atoms. The van der Waals surface area contributed by atoms with Crippen LogP contribution < -0.4 is 14.8 Å². The summed E-state index contributed by atoms with van der Waals surface area (Å²) in [6, 6.07) is 20.7. The average Bonchev–Trinajstić information content (AvgIpc) is 3.26. The van der Waals surface area contributed by atoms with Gasteiger partial charge in [-0.1, -0.05) is 26.0 Å². The van der Waals surface area contributed by atoms with E-state index in [9.17, 15) is 4.79 Å². The van der Waals surface area contributed by atoms with Gasteiger partial charge in [-0.05, 0) is 66.4 Å². The fourth-order valence-corrected chi connectivity index (χ4v) is 3.33. The Hall–Kier alpha value is -3.80. The number of oxazole rings is 1. The smallest absolute Gasteiger partial charge is 0.262 e. The summed E-state index contributed by atoms with van der Waals surface area (Å²) in [5.41, 5.74) is 4.17. The molecule has 4 aromatic rings. The Labute approximate surface area is 187 Å². The summed E-state index contributed by atoms with van der Waals surface area (Å²) < 4.78 is 16.7. The Morgan fingerprint density at radius 3 is 2.44 bits per heavy atom. The number of carbonyl (C=O) groups is 1. The Kier molecular flexibility index (Phi) is 6.40. The number of fused-ring (bicyclic) bond motifs is 1. The zero-order chi connectivity index (χ0) is 22.5. The summed E-state index contributed by atoms with van der Waals surface area (Å²) in [6.07, 6.45) is 1.09. The third kappa shape index (κ3) is 4.91. The lowest BCUT2D eigenvalue weighted by Crippen LogP contribution is -2.20. The van der Waals surface area contributed by atoms with E-state index in [-0.39, 0.29) is 12.5 Å². The monoisotopic (exact) mass is 430 g/mol. The zero-order valence-corrected chi connectivity index (χ0v) is 18.4. The quantitative estimate of drug-likeness (QED) is 0.369. The molecule has 1 heterocycles. The Morgan fingerprint density at radius 1 is 1.03 bits per heavy atom. The van der Waals surface area contributed by atoms with Gasteiger partial charge in [-0.25, -0.2) is 4.98 Å². The van der Waals surface area contributed by atoms with Gasteiger partial charge in [-0.15, -0.1) is 0 Å². The van der Waals surface area contributed by atoms with Crippen LogP contribution in [-0.2, 0) is 4.79 Å². The average molecular weight is 431 g/mol. The van der Waals surface area contributed by atoms with E-state index in [4.69, 9.17) is 13.9 Å². The number of hydrogen-bond acceptors (Lipinski definition) is 5. The summed E-state index contributed by atoms with van der Waals surface area (Å²) in [4.78, 5) is 16.8. The van der Waals surface area contributed by atoms with Crippen molar-refractivity contribution in [1.29, 1.82) is 0 Å². The molecule has 0 saturated carbocycles. The van der Waals surface area contributed by atoms with Crippen molar-refractivity contribution < 1.29 is 18.7 Å². The maximum absolute atomic E-state index is 12.3. The molecule has 0 aliphatic carbocycles. The molecule has 3 aromatic carbocycles. The van der Waals surface area contributed by atoms with Crippen molar-refractivity contribution in [2.75, 3.05) is 19.0 Å². The van der Waals surface area contributed by atoms with Gasteiger partial charge in [-0.2, -0.15) is 0 Å². The van der Waals surface area contributed by atoms with Crippen LogP contribution in [0.3, 0.4) is 0 Å². The van der Waals surface area contributed by atoms with Gasteiger partial charge in [0.2, 0.25) is 5.89 Å². The number of methoxy groups -OCH3 is 1. The molecular formula is C26H26N2O4. The highest BCUT2D eigenvalue weighted by Crippen LogP contribution is 2.27. The van der Waals surface area contributed by atoms with Crippen molar-refractivity contribution in [2.45, 2.75) is 26.2 Å². The van der Waals surface area contributed by atoms with Gasteiger partial charge < -0.3 is 19.2 Å². The lowest BCUT2D eigenvalue weighted by atomic mass is 9.99. The summed E-state index contributed by atoms with van der Waals surface area (Å²) in [7, 11) is 1.61. The number of anilines is 1. The third-order valence-electron chi connectivity index (χ3n) is 5.44. The van der Waals surface area contributed by atoms with E-state index in [1.54, 1.807) is 7.11 Å². The molecule has 1 unspecified atom stereocenters. The van der Waals surface area contributed by atoms with Gasteiger partial charge in [0, 0.05) is 17.3 Å². The van der Waals surface area contributed by atoms with Crippen LogP contribution in [0.25, 0.3) is 22.6 Å². The Bertz CT molecular complexity index is 1200. The van der Waals surface area contributed by atoms with E-state index in [2.05, 4.69) is 24.1 Å². The number of carbonyl (C=O) groups excluding carboxylic acids is 1. The number of ether oxygens (including phenoxy) is 2. The van der Waals surface area contributed by atoms with Gasteiger partial charge in [0.1, 0.15) is 17.0 Å². The van der Waals surface area contributed by atoms with E-state index in [0.29, 0.717) is 28.8 Å². The second kappa shape index (κ2) is 9.56. The summed E-state index contributed by atoms with van der Waals surface area (Å²) in [5.74, 6) is 2.19. The second-order valence-corrected chi connectivity index (χ2v) is 7.65. The van der Waals surface area contributed by atoms with Crippen LogP contribution in [0.4, 0.5) is 5.69 Å². The summed E-state index contributed by atoms with van der Waals surface area (Å²) >= 11 is 0. The first-order chi connectivity index (χ1) is 15.6. The molecule has 4 rings (SSSR count). The molecule has 164 valence electrons. The highest BCUT2D eigenvalue weighted by atomic mass is 16.5. The topological polar surface area (TPSA) is 73.6 Å². The SMILES string of the molecule is CCC(C)c1ccc(OCC(=O)Nc2ccc(-c3nc4cc(OC)ccc4o3)cc2)cc1. The van der Waals surface area contributed by atoms with Crippen LogP contribution in [0.2, 0.25) is 0 Å². The molecule has 0 spiro atoms. The normalized spacial score (nSPS) is 11.8. The minimum absolute atomic E-state index is 0.0581. The number of rotatable bonds is 8. The number of benzene rings is 3. The number of amides is 1. The van der Waals surface area contributed by atoms with Gasteiger partial charge in [0.25, 0.3) is 5.91 Å². The standard InChI is InChI=1S/C26H26N2O4/c1-4-17(2)18-7-11-21(12-8-18)31-16-25(29)27-20-9-5-19(6-10-20)26-28-23-15-22(30-3)13-14-24(23)32-26/h5-15,17H,4,16H2,1-3H3,(H,27,29). The first-order valence-electron chi connectivity index (χ1n) is 10.6. The summed E-state index contributed by atoms with van der Waals surface area (Å²) in [5, 5.41) is 2.84. The molecule has 0 fully saturated rings. The minimum Gasteiger partial charge on any atom is -0.497 e. The van der Waals surface area contributed by atoms with Crippen molar-refractivity contribution in [1.82, 2.24) is 4.98 Å². The van der Waals surface area contributed by atoms with Gasteiger partial charge in [-0.3, -0.25) is 4.79 Å². The van der Waals surface area contributed by atoms with E-state index >= 15 is 0 Å². The summed E-state index contributed by atoms with van der Waals surface area (Å²) in [6.45, 7) is 4.30. The highest BCUT2D eigenvalue weighted by molar-refractivity contribution is 5.92. The van der Waals surface area contributed by atoms with E-state index < -0.39 is 0 Å². The number of nitrogens with zero attached hydrogens (tertiary/aromatic N) is 1. The first-order valence-corrected chi connectivity index (χ1v) is 10.6. The van der Waals surface area contributed by atoms with E-state index in [1.165, 1.54) is 5.56 Å². The van der Waals surface area contributed by atoms with Gasteiger partial charge in [0.05, 0.1) is 7.11 Å². The molecule has 6 nitrogen and oxygen atoms in total. The largest absolute Gasteiger partial charge is 0.497 e. The van der Waals surface area contributed by atoms with Gasteiger partial charge in [0.15, 0.2) is 12.2 Å². The fraction of sp³-hybridized carbons (Fsp3) is 0.231. The highest BCUT2D eigenvalue weighted by Gasteiger charge is 2.10. The third-order valence-corrected chi connectivity index (χ3v) is 5.44.